The monoisotopic (exact) mass is 287 g/mol. The lowest BCUT2D eigenvalue weighted by Gasteiger charge is -2.04. The Bertz CT molecular complexity index is 659. The summed E-state index contributed by atoms with van der Waals surface area (Å²) in [6.07, 6.45) is 0.421. The summed E-state index contributed by atoms with van der Waals surface area (Å²) in [6.45, 7) is 4.12. The summed E-state index contributed by atoms with van der Waals surface area (Å²) in [6, 6.07) is 8.70. The molecule has 0 aliphatic heterocycles. The van der Waals surface area contributed by atoms with E-state index in [4.69, 9.17) is 5.11 Å². The van der Waals surface area contributed by atoms with Crippen molar-refractivity contribution in [3.8, 4) is 11.3 Å². The van der Waals surface area contributed by atoms with Crippen LogP contribution in [0.15, 0.2) is 30.3 Å². The number of hydrogen-bond donors (Lipinski definition) is 2. The van der Waals surface area contributed by atoms with Gasteiger partial charge in [0.25, 0.3) is 0 Å². The molecule has 0 saturated carbocycles. The highest BCUT2D eigenvalue weighted by atomic mass is 16.4. The average molecular weight is 287 g/mol. The van der Waals surface area contributed by atoms with Crippen LogP contribution in [0.5, 0.6) is 0 Å². The van der Waals surface area contributed by atoms with Crippen LogP contribution in [-0.4, -0.2) is 26.8 Å². The lowest BCUT2D eigenvalue weighted by molar-refractivity contribution is -0.115. The molecule has 0 atom stereocenters. The third-order valence-corrected chi connectivity index (χ3v) is 3.08. The van der Waals surface area contributed by atoms with Crippen LogP contribution in [0.4, 0.5) is 5.69 Å². The van der Waals surface area contributed by atoms with E-state index in [1.54, 1.807) is 37.3 Å². The van der Waals surface area contributed by atoms with Gasteiger partial charge in [0, 0.05) is 24.2 Å². The molecule has 1 aromatic carbocycles. The van der Waals surface area contributed by atoms with Gasteiger partial charge >= 0.3 is 5.97 Å². The van der Waals surface area contributed by atoms with E-state index in [2.05, 4.69) is 10.4 Å². The SMILES string of the molecule is CCC(=O)Nc1ccc(-c2cc(C(=O)O)n(CC)n2)cc1. The van der Waals surface area contributed by atoms with E-state index >= 15 is 0 Å². The van der Waals surface area contributed by atoms with Gasteiger partial charge in [0.15, 0.2) is 0 Å². The lowest BCUT2D eigenvalue weighted by atomic mass is 10.1. The number of amides is 1. The quantitative estimate of drug-likeness (QED) is 0.885. The highest BCUT2D eigenvalue weighted by Gasteiger charge is 2.14. The highest BCUT2D eigenvalue weighted by molar-refractivity contribution is 5.91. The van der Waals surface area contributed by atoms with E-state index in [9.17, 15) is 9.59 Å². The molecule has 2 aromatic rings. The molecule has 6 heteroatoms. The molecular formula is C15H17N3O3. The van der Waals surface area contributed by atoms with Gasteiger partial charge < -0.3 is 10.4 Å². The van der Waals surface area contributed by atoms with Gasteiger partial charge in [-0.15, -0.1) is 0 Å². The predicted molar refractivity (Wildman–Crippen MR) is 79.2 cm³/mol. The van der Waals surface area contributed by atoms with E-state index < -0.39 is 5.97 Å². The van der Waals surface area contributed by atoms with Crippen LogP contribution in [0.25, 0.3) is 11.3 Å². The van der Waals surface area contributed by atoms with Crippen LogP contribution in [-0.2, 0) is 11.3 Å². The van der Waals surface area contributed by atoms with Crippen LogP contribution in [0.1, 0.15) is 30.8 Å². The van der Waals surface area contributed by atoms with Gasteiger partial charge in [-0.2, -0.15) is 5.10 Å². The largest absolute Gasteiger partial charge is 0.477 e. The van der Waals surface area contributed by atoms with E-state index in [-0.39, 0.29) is 11.6 Å². The van der Waals surface area contributed by atoms with Gasteiger partial charge in [-0.3, -0.25) is 9.48 Å². The summed E-state index contributed by atoms with van der Waals surface area (Å²) in [7, 11) is 0. The first-order valence-corrected chi connectivity index (χ1v) is 6.76. The van der Waals surface area contributed by atoms with E-state index in [0.29, 0.717) is 24.3 Å². The van der Waals surface area contributed by atoms with Crippen molar-refractivity contribution in [2.24, 2.45) is 0 Å². The fourth-order valence-corrected chi connectivity index (χ4v) is 1.94. The number of benzene rings is 1. The van der Waals surface area contributed by atoms with E-state index in [1.807, 2.05) is 6.92 Å². The molecular weight excluding hydrogens is 270 g/mol. The number of carbonyl (C=O) groups excluding carboxylic acids is 1. The molecule has 1 heterocycles. The number of aromatic nitrogens is 2. The number of aromatic carboxylic acids is 1. The zero-order valence-corrected chi connectivity index (χ0v) is 12.0. The standard InChI is InChI=1S/C15H17N3O3/c1-3-14(19)16-11-7-5-10(6-8-11)12-9-13(15(20)21)18(4-2)17-12/h5-9H,3-4H2,1-2H3,(H,16,19)(H,20,21). The molecule has 0 aliphatic carbocycles. The Kier molecular flexibility index (Phi) is 4.37. The van der Waals surface area contributed by atoms with Crippen molar-refractivity contribution in [2.75, 3.05) is 5.32 Å². The summed E-state index contributed by atoms with van der Waals surface area (Å²) in [5.74, 6) is -1.05. The summed E-state index contributed by atoms with van der Waals surface area (Å²) in [5, 5.41) is 16.2. The molecule has 21 heavy (non-hydrogen) atoms. The Labute approximate surface area is 122 Å². The minimum atomic E-state index is -0.998. The number of nitrogens with one attached hydrogen (secondary N) is 1. The molecule has 110 valence electrons. The van der Waals surface area contributed by atoms with Crippen molar-refractivity contribution >= 4 is 17.6 Å². The van der Waals surface area contributed by atoms with Crippen LogP contribution >= 0.6 is 0 Å². The van der Waals surface area contributed by atoms with Gasteiger partial charge in [0.1, 0.15) is 5.69 Å². The number of hydrogen-bond acceptors (Lipinski definition) is 3. The second-order valence-corrected chi connectivity index (χ2v) is 4.51. The second-order valence-electron chi connectivity index (χ2n) is 4.51. The predicted octanol–water partition coefficient (Wildman–Crippen LogP) is 2.62. The fraction of sp³-hybridized carbons (Fsp3) is 0.267. The summed E-state index contributed by atoms with van der Waals surface area (Å²) in [5.41, 5.74) is 2.27. The summed E-state index contributed by atoms with van der Waals surface area (Å²) >= 11 is 0. The first kappa shape index (κ1) is 14.8. The molecule has 0 saturated heterocycles. The van der Waals surface area contributed by atoms with Crippen LogP contribution in [0, 0.1) is 0 Å². The van der Waals surface area contributed by atoms with Crippen molar-refractivity contribution in [2.45, 2.75) is 26.8 Å². The minimum absolute atomic E-state index is 0.0498. The Morgan fingerprint density at radius 2 is 1.90 bits per heavy atom. The maximum atomic E-state index is 11.3. The average Bonchev–Trinajstić information content (AvgIpc) is 2.92. The zero-order chi connectivity index (χ0) is 15.4. The molecule has 0 spiro atoms. The maximum absolute atomic E-state index is 11.3. The van der Waals surface area contributed by atoms with Crippen molar-refractivity contribution in [3.05, 3.63) is 36.0 Å². The topological polar surface area (TPSA) is 84.2 Å². The second kappa shape index (κ2) is 6.21. The number of carboxylic acids is 1. The summed E-state index contributed by atoms with van der Waals surface area (Å²) < 4.78 is 1.45. The Morgan fingerprint density at radius 1 is 1.24 bits per heavy atom. The fourth-order valence-electron chi connectivity index (χ4n) is 1.94. The van der Waals surface area contributed by atoms with Crippen molar-refractivity contribution < 1.29 is 14.7 Å². The highest BCUT2D eigenvalue weighted by Crippen LogP contribution is 2.21. The molecule has 1 aromatic heterocycles. The molecule has 2 rings (SSSR count). The first-order chi connectivity index (χ1) is 10.0. The molecule has 0 unspecified atom stereocenters. The molecule has 0 fully saturated rings. The molecule has 6 nitrogen and oxygen atoms in total. The van der Waals surface area contributed by atoms with Gasteiger partial charge in [0.05, 0.1) is 5.69 Å². The maximum Gasteiger partial charge on any atom is 0.354 e. The third-order valence-electron chi connectivity index (χ3n) is 3.08. The Morgan fingerprint density at radius 3 is 2.38 bits per heavy atom. The van der Waals surface area contributed by atoms with Gasteiger partial charge in [-0.25, -0.2) is 4.79 Å². The minimum Gasteiger partial charge on any atom is -0.477 e. The number of nitrogens with zero attached hydrogens (tertiary/aromatic N) is 2. The normalized spacial score (nSPS) is 10.4. The zero-order valence-electron chi connectivity index (χ0n) is 12.0. The molecule has 1 amide bonds. The Balaban J connectivity index is 2.26. The number of anilines is 1. The molecule has 0 radical (unpaired) electrons. The van der Waals surface area contributed by atoms with Crippen molar-refractivity contribution in [3.63, 3.8) is 0 Å². The number of rotatable bonds is 5. The third kappa shape index (κ3) is 3.28. The number of aryl methyl sites for hydroxylation is 1. The van der Waals surface area contributed by atoms with E-state index in [0.717, 1.165) is 5.56 Å². The lowest BCUT2D eigenvalue weighted by Crippen LogP contribution is -2.09. The van der Waals surface area contributed by atoms with Crippen LogP contribution in [0.2, 0.25) is 0 Å². The van der Waals surface area contributed by atoms with Gasteiger partial charge in [-0.1, -0.05) is 19.1 Å². The first-order valence-electron chi connectivity index (χ1n) is 6.76. The van der Waals surface area contributed by atoms with Crippen LogP contribution in [0.3, 0.4) is 0 Å². The van der Waals surface area contributed by atoms with E-state index in [1.165, 1.54) is 4.68 Å². The van der Waals surface area contributed by atoms with Crippen molar-refractivity contribution in [1.29, 1.82) is 0 Å². The summed E-state index contributed by atoms with van der Waals surface area (Å²) in [4.78, 5) is 22.4. The smallest absolute Gasteiger partial charge is 0.354 e. The number of carbonyl (C=O) groups is 2. The van der Waals surface area contributed by atoms with Gasteiger partial charge in [-0.05, 0) is 25.1 Å². The van der Waals surface area contributed by atoms with Gasteiger partial charge in [0.2, 0.25) is 5.91 Å². The molecule has 0 aliphatic rings. The number of carboxylic acid groups (broad SMARTS) is 1. The molecule has 0 bridgehead atoms. The van der Waals surface area contributed by atoms with Crippen molar-refractivity contribution in [1.82, 2.24) is 9.78 Å². The Hall–Kier alpha value is -2.63. The molecule has 2 N–H and O–H groups in total. The van der Waals surface area contributed by atoms with Crippen LogP contribution < -0.4 is 5.32 Å².